The SMILES string of the molecule is Cc1ccc2c(c1)c(C(=O)C(=O)Nc1ccc(Cl)cc1)c(Cl)n2Cc1ccc(Cl)cc1Cl.O=C(Nc1ccc(Cl)cc1)C(=O)c1c(Cl)n(Cc2ccc(Cl)cc2Cl)c2ccc(Cl)cc12. The van der Waals surface area contributed by atoms with Crippen LogP contribution in [0.3, 0.4) is 0 Å². The first-order valence-electron chi connectivity index (χ1n) is 18.8. The Morgan fingerprint density at radius 2 is 0.797 bits per heavy atom. The molecule has 17 heteroatoms. The second-order valence-corrected chi connectivity index (χ2v) is 18.0. The van der Waals surface area contributed by atoms with E-state index in [0.29, 0.717) is 74.9 Å². The van der Waals surface area contributed by atoms with Gasteiger partial charge in [-0.25, -0.2) is 0 Å². The molecule has 0 unspecified atom stereocenters. The van der Waals surface area contributed by atoms with Crippen LogP contribution in [0.5, 0.6) is 0 Å². The number of halogens is 9. The molecule has 2 heterocycles. The van der Waals surface area contributed by atoms with Crippen LogP contribution in [-0.2, 0) is 22.7 Å². The number of carbonyl (C=O) groups excluding carboxylic acids is 4. The Morgan fingerprint density at radius 1 is 0.438 bits per heavy atom. The molecule has 0 atom stereocenters. The number of carbonyl (C=O) groups is 4. The zero-order valence-electron chi connectivity index (χ0n) is 32.9. The lowest BCUT2D eigenvalue weighted by molar-refractivity contribution is -0.113. The maximum atomic E-state index is 13.2. The van der Waals surface area contributed by atoms with Gasteiger partial charge < -0.3 is 19.8 Å². The third kappa shape index (κ3) is 10.5. The molecular weight excluding hydrogens is 1000 g/mol. The van der Waals surface area contributed by atoms with Crippen LogP contribution in [0.1, 0.15) is 37.4 Å². The molecule has 0 spiro atoms. The molecule has 8 rings (SSSR count). The fourth-order valence-electron chi connectivity index (χ4n) is 6.78. The molecule has 324 valence electrons. The summed E-state index contributed by atoms with van der Waals surface area (Å²) in [4.78, 5) is 51.7. The normalized spacial score (nSPS) is 11.0. The molecule has 0 aliphatic carbocycles. The van der Waals surface area contributed by atoms with E-state index in [0.717, 1.165) is 16.7 Å². The molecular formula is C47H29Cl9N4O4. The first kappa shape index (κ1) is 47.3. The van der Waals surface area contributed by atoms with Crippen molar-refractivity contribution < 1.29 is 19.2 Å². The Hall–Kier alpha value is -4.71. The average Bonchev–Trinajstić information content (AvgIpc) is 3.68. The van der Waals surface area contributed by atoms with Crippen molar-refractivity contribution in [2.75, 3.05) is 10.6 Å². The number of nitrogens with zero attached hydrogens (tertiary/aromatic N) is 2. The summed E-state index contributed by atoms with van der Waals surface area (Å²) in [6.07, 6.45) is 0. The quantitative estimate of drug-likeness (QED) is 0.105. The lowest BCUT2D eigenvalue weighted by atomic mass is 10.1. The zero-order valence-corrected chi connectivity index (χ0v) is 39.7. The lowest BCUT2D eigenvalue weighted by Crippen LogP contribution is -2.23. The molecule has 2 aromatic heterocycles. The van der Waals surface area contributed by atoms with Gasteiger partial charge >= 0.3 is 0 Å². The highest BCUT2D eigenvalue weighted by Gasteiger charge is 2.29. The first-order chi connectivity index (χ1) is 30.5. The maximum Gasteiger partial charge on any atom is 0.296 e. The van der Waals surface area contributed by atoms with E-state index in [2.05, 4.69) is 10.6 Å². The molecule has 0 radical (unpaired) electrons. The van der Waals surface area contributed by atoms with Gasteiger partial charge in [0.2, 0.25) is 0 Å². The number of Topliss-reactive ketones (excluding diaryl/α,β-unsaturated/α-hetero) is 2. The molecule has 0 bridgehead atoms. The molecule has 8 aromatic rings. The predicted molar refractivity (Wildman–Crippen MR) is 264 cm³/mol. The minimum Gasteiger partial charge on any atom is -0.326 e. The Bertz CT molecular complexity index is 2940. The van der Waals surface area contributed by atoms with Crippen LogP contribution < -0.4 is 10.6 Å². The minimum absolute atomic E-state index is 0.0562. The van der Waals surface area contributed by atoms with Crippen LogP contribution >= 0.6 is 104 Å². The number of aryl methyl sites for hydroxylation is 1. The van der Waals surface area contributed by atoms with Gasteiger partial charge in [-0.3, -0.25) is 19.2 Å². The smallest absolute Gasteiger partial charge is 0.296 e. The fourth-order valence-corrected chi connectivity index (χ4v) is 8.82. The van der Waals surface area contributed by atoms with E-state index in [1.165, 1.54) is 0 Å². The van der Waals surface area contributed by atoms with E-state index in [1.54, 1.807) is 112 Å². The van der Waals surface area contributed by atoms with Gasteiger partial charge in [0.25, 0.3) is 23.4 Å². The third-order valence-corrected chi connectivity index (χ3v) is 12.6. The van der Waals surface area contributed by atoms with Crippen LogP contribution in [-0.4, -0.2) is 32.5 Å². The number of ketones is 2. The second-order valence-electron chi connectivity index (χ2n) is 14.2. The first-order valence-corrected chi connectivity index (χ1v) is 22.2. The summed E-state index contributed by atoms with van der Waals surface area (Å²) < 4.78 is 3.46. The van der Waals surface area contributed by atoms with E-state index in [1.807, 2.05) is 25.1 Å². The molecule has 6 aromatic carbocycles. The summed E-state index contributed by atoms with van der Waals surface area (Å²) in [5, 5.41) is 9.88. The summed E-state index contributed by atoms with van der Waals surface area (Å²) in [5.74, 6) is -3.16. The molecule has 0 saturated heterocycles. The summed E-state index contributed by atoms with van der Waals surface area (Å²) in [7, 11) is 0. The van der Waals surface area contributed by atoms with E-state index in [4.69, 9.17) is 104 Å². The molecule has 2 amide bonds. The highest BCUT2D eigenvalue weighted by molar-refractivity contribution is 6.53. The Morgan fingerprint density at radius 3 is 1.22 bits per heavy atom. The van der Waals surface area contributed by atoms with Crippen LogP contribution in [0.2, 0.25) is 45.5 Å². The van der Waals surface area contributed by atoms with Crippen molar-refractivity contribution >= 4 is 161 Å². The lowest BCUT2D eigenvalue weighted by Gasteiger charge is -2.10. The number of hydrogen-bond donors (Lipinski definition) is 2. The molecule has 8 nitrogen and oxygen atoms in total. The summed E-state index contributed by atoms with van der Waals surface area (Å²) >= 11 is 55.9. The Kier molecular flexibility index (Phi) is 14.9. The van der Waals surface area contributed by atoms with Crippen molar-refractivity contribution in [1.82, 2.24) is 9.13 Å². The number of benzene rings is 6. The van der Waals surface area contributed by atoms with Gasteiger partial charge in [-0.05, 0) is 121 Å². The van der Waals surface area contributed by atoms with Crippen molar-refractivity contribution in [1.29, 1.82) is 0 Å². The Labute approximate surface area is 411 Å². The fraction of sp³-hybridized carbons (Fsp3) is 0.0638. The number of hydrogen-bond acceptors (Lipinski definition) is 4. The van der Waals surface area contributed by atoms with E-state index >= 15 is 0 Å². The van der Waals surface area contributed by atoms with Gasteiger partial charge in [0.15, 0.2) is 0 Å². The molecule has 0 aliphatic heterocycles. The van der Waals surface area contributed by atoms with Gasteiger partial charge in [0.1, 0.15) is 10.3 Å². The monoisotopic (exact) mass is 1030 g/mol. The largest absolute Gasteiger partial charge is 0.326 e. The van der Waals surface area contributed by atoms with Crippen molar-refractivity contribution in [3.63, 3.8) is 0 Å². The minimum atomic E-state index is -0.835. The number of anilines is 2. The van der Waals surface area contributed by atoms with Crippen LogP contribution in [0.15, 0.2) is 121 Å². The number of fused-ring (bicyclic) bond motifs is 2. The maximum absolute atomic E-state index is 13.2. The van der Waals surface area contributed by atoms with Gasteiger partial charge in [-0.15, -0.1) is 0 Å². The van der Waals surface area contributed by atoms with Gasteiger partial charge in [0, 0.05) is 57.3 Å². The number of rotatable bonds is 10. The van der Waals surface area contributed by atoms with Crippen LogP contribution in [0, 0.1) is 6.92 Å². The van der Waals surface area contributed by atoms with Gasteiger partial charge in [-0.1, -0.05) is 128 Å². The second kappa shape index (κ2) is 20.2. The molecule has 2 N–H and O–H groups in total. The van der Waals surface area contributed by atoms with Gasteiger partial charge in [0.05, 0.1) is 35.2 Å². The molecule has 0 fully saturated rings. The van der Waals surface area contributed by atoms with Crippen molar-refractivity contribution in [2.24, 2.45) is 0 Å². The highest BCUT2D eigenvalue weighted by atomic mass is 35.5. The summed E-state index contributed by atoms with van der Waals surface area (Å²) in [5.41, 5.74) is 4.89. The predicted octanol–water partition coefficient (Wildman–Crippen LogP) is 15.2. The van der Waals surface area contributed by atoms with E-state index < -0.39 is 23.4 Å². The Balaban J connectivity index is 0.000000191. The number of nitrogens with one attached hydrogen (secondary N) is 2. The van der Waals surface area contributed by atoms with E-state index in [9.17, 15) is 19.2 Å². The summed E-state index contributed by atoms with van der Waals surface area (Å²) in [6, 6.07) is 33.8. The topological polar surface area (TPSA) is 102 Å². The van der Waals surface area contributed by atoms with Crippen molar-refractivity contribution in [2.45, 2.75) is 20.0 Å². The van der Waals surface area contributed by atoms with Crippen molar-refractivity contribution in [3.05, 3.63) is 195 Å². The average molecular weight is 1030 g/mol. The third-order valence-electron chi connectivity index (χ3n) is 9.88. The zero-order chi connectivity index (χ0) is 46.0. The standard InChI is InChI=1S/C24H16Cl4N2O2.C23H13Cl5N2O2/c1-13-2-9-20-18(10-13)21(22(31)24(32)29-17-7-5-15(25)6-8-17)23(28)30(20)12-14-3-4-16(26)11-19(14)27;24-13-3-6-16(7-4-13)29-23(32)21(31)20-17-9-14(25)5-8-19(17)30(22(20)28)11-12-1-2-15(26)10-18(12)27/h2-11H,12H2,1H3,(H,29,32);1-10H,11H2,(H,29,32). The summed E-state index contributed by atoms with van der Waals surface area (Å²) in [6.45, 7) is 2.47. The number of aromatic nitrogens is 2. The number of amides is 2. The van der Waals surface area contributed by atoms with E-state index in [-0.39, 0.29) is 28.0 Å². The van der Waals surface area contributed by atoms with Crippen LogP contribution in [0.25, 0.3) is 21.8 Å². The van der Waals surface area contributed by atoms with Crippen molar-refractivity contribution in [3.8, 4) is 0 Å². The molecule has 64 heavy (non-hydrogen) atoms. The highest BCUT2D eigenvalue weighted by Crippen LogP contribution is 2.36. The molecule has 0 aliphatic rings. The van der Waals surface area contributed by atoms with Crippen LogP contribution in [0.4, 0.5) is 11.4 Å². The molecule has 0 saturated carbocycles. The van der Waals surface area contributed by atoms with Gasteiger partial charge in [-0.2, -0.15) is 0 Å².